The predicted molar refractivity (Wildman–Crippen MR) is 81.8 cm³/mol. The third-order valence-corrected chi connectivity index (χ3v) is 4.16. The Morgan fingerprint density at radius 2 is 2.28 bits per heavy atom. The molecule has 1 rings (SSSR count). The molecule has 100 valence electrons. The lowest BCUT2D eigenvalue weighted by molar-refractivity contribution is -0.120. The fourth-order valence-corrected chi connectivity index (χ4v) is 2.69. The van der Waals surface area contributed by atoms with Crippen molar-refractivity contribution in [2.45, 2.75) is 36.8 Å². The summed E-state index contributed by atoms with van der Waals surface area (Å²) in [7, 11) is 0. The third-order valence-electron chi connectivity index (χ3n) is 2.47. The number of amides is 1. The molecule has 0 saturated heterocycles. The summed E-state index contributed by atoms with van der Waals surface area (Å²) in [4.78, 5) is 12.8. The molecule has 18 heavy (non-hydrogen) atoms. The molecule has 0 spiro atoms. The minimum atomic E-state index is -0.134. The van der Waals surface area contributed by atoms with Gasteiger partial charge in [-0.15, -0.1) is 11.8 Å². The topological polar surface area (TPSA) is 55.1 Å². The lowest BCUT2D eigenvalue weighted by atomic mass is 10.3. The van der Waals surface area contributed by atoms with Gasteiger partial charge in [-0.2, -0.15) is 0 Å². The molecule has 0 aliphatic rings. The number of rotatable bonds is 6. The highest BCUT2D eigenvalue weighted by molar-refractivity contribution is 9.10. The van der Waals surface area contributed by atoms with Crippen LogP contribution < -0.4 is 11.1 Å². The van der Waals surface area contributed by atoms with E-state index >= 15 is 0 Å². The molecule has 0 radical (unpaired) electrons. The molecule has 0 saturated carbocycles. The number of thioether (sulfide) groups is 1. The molecule has 1 amide bonds. The van der Waals surface area contributed by atoms with E-state index in [2.05, 4.69) is 28.2 Å². The number of halogens is 1. The Kier molecular flexibility index (Phi) is 6.57. The highest BCUT2D eigenvalue weighted by Crippen LogP contribution is 2.30. The summed E-state index contributed by atoms with van der Waals surface area (Å²) in [5.41, 5.74) is 6.61. The second-order valence-electron chi connectivity index (χ2n) is 4.09. The Balaban J connectivity index is 2.53. The van der Waals surface area contributed by atoms with Gasteiger partial charge in [0.1, 0.15) is 0 Å². The van der Waals surface area contributed by atoms with Crippen molar-refractivity contribution in [3.8, 4) is 0 Å². The first-order valence-electron chi connectivity index (χ1n) is 6.04. The van der Waals surface area contributed by atoms with E-state index in [0.717, 1.165) is 28.8 Å². The van der Waals surface area contributed by atoms with Crippen LogP contribution in [0.1, 0.15) is 26.7 Å². The maximum absolute atomic E-state index is 11.8. The van der Waals surface area contributed by atoms with E-state index in [1.54, 1.807) is 0 Å². The van der Waals surface area contributed by atoms with Gasteiger partial charge in [-0.1, -0.05) is 29.3 Å². The van der Waals surface area contributed by atoms with E-state index < -0.39 is 0 Å². The van der Waals surface area contributed by atoms with Gasteiger partial charge in [0.05, 0.1) is 5.25 Å². The number of carbonyl (C=O) groups excluding carboxylic acids is 1. The molecule has 1 aromatic rings. The SMILES string of the molecule is CCCCNC(=O)C(C)Sc1ccc(Br)cc1N. The second-order valence-corrected chi connectivity index (χ2v) is 6.39. The Labute approximate surface area is 121 Å². The maximum Gasteiger partial charge on any atom is 0.233 e. The molecule has 1 aromatic carbocycles. The van der Waals surface area contributed by atoms with E-state index in [1.807, 2.05) is 25.1 Å². The summed E-state index contributed by atoms with van der Waals surface area (Å²) in [6.45, 7) is 4.75. The van der Waals surface area contributed by atoms with Crippen molar-refractivity contribution in [3.63, 3.8) is 0 Å². The number of carbonyl (C=O) groups is 1. The maximum atomic E-state index is 11.8. The monoisotopic (exact) mass is 330 g/mol. The summed E-state index contributed by atoms with van der Waals surface area (Å²) in [6, 6.07) is 5.71. The highest BCUT2D eigenvalue weighted by atomic mass is 79.9. The van der Waals surface area contributed by atoms with Gasteiger partial charge < -0.3 is 11.1 Å². The summed E-state index contributed by atoms with van der Waals surface area (Å²) < 4.78 is 0.949. The third kappa shape index (κ3) is 4.90. The average Bonchev–Trinajstić information content (AvgIpc) is 2.32. The number of benzene rings is 1. The van der Waals surface area contributed by atoms with Crippen LogP contribution in [-0.2, 0) is 4.79 Å². The molecule has 5 heteroatoms. The van der Waals surface area contributed by atoms with Crippen molar-refractivity contribution >= 4 is 39.3 Å². The van der Waals surface area contributed by atoms with Crippen LogP contribution in [0, 0.1) is 0 Å². The van der Waals surface area contributed by atoms with Crippen molar-refractivity contribution in [3.05, 3.63) is 22.7 Å². The molecule has 0 fully saturated rings. The molecule has 0 heterocycles. The molecular formula is C13H19BrN2OS. The van der Waals surface area contributed by atoms with Crippen molar-refractivity contribution < 1.29 is 4.79 Å². The Bertz CT molecular complexity index is 412. The zero-order chi connectivity index (χ0) is 13.5. The summed E-state index contributed by atoms with van der Waals surface area (Å²) in [6.07, 6.45) is 2.10. The number of anilines is 1. The van der Waals surface area contributed by atoms with E-state index in [1.165, 1.54) is 11.8 Å². The number of nitrogens with two attached hydrogens (primary N) is 1. The zero-order valence-electron chi connectivity index (χ0n) is 10.7. The first-order chi connectivity index (χ1) is 8.54. The minimum Gasteiger partial charge on any atom is -0.398 e. The number of nitrogen functional groups attached to an aromatic ring is 1. The molecule has 0 bridgehead atoms. The molecule has 0 aromatic heterocycles. The Hall–Kier alpha value is -0.680. The van der Waals surface area contributed by atoms with Crippen molar-refractivity contribution in [2.75, 3.05) is 12.3 Å². The van der Waals surface area contributed by atoms with Crippen LogP contribution >= 0.6 is 27.7 Å². The molecule has 3 N–H and O–H groups in total. The fourth-order valence-electron chi connectivity index (χ4n) is 1.40. The van der Waals surface area contributed by atoms with E-state index in [9.17, 15) is 4.79 Å². The first-order valence-corrected chi connectivity index (χ1v) is 7.71. The predicted octanol–water partition coefficient (Wildman–Crippen LogP) is 3.43. The van der Waals surface area contributed by atoms with E-state index in [0.29, 0.717) is 5.69 Å². The highest BCUT2D eigenvalue weighted by Gasteiger charge is 2.15. The van der Waals surface area contributed by atoms with Crippen LogP contribution in [0.5, 0.6) is 0 Å². The van der Waals surface area contributed by atoms with Gasteiger partial charge in [-0.05, 0) is 31.5 Å². The van der Waals surface area contributed by atoms with Gasteiger partial charge in [0.2, 0.25) is 5.91 Å². The molecular weight excluding hydrogens is 312 g/mol. The normalized spacial score (nSPS) is 12.2. The largest absolute Gasteiger partial charge is 0.398 e. The van der Waals surface area contributed by atoms with Crippen molar-refractivity contribution in [2.24, 2.45) is 0 Å². The Morgan fingerprint density at radius 1 is 1.56 bits per heavy atom. The van der Waals surface area contributed by atoms with Crippen molar-refractivity contribution in [1.29, 1.82) is 0 Å². The van der Waals surface area contributed by atoms with E-state index in [4.69, 9.17) is 5.73 Å². The lowest BCUT2D eigenvalue weighted by Crippen LogP contribution is -2.31. The second kappa shape index (κ2) is 7.69. The molecule has 1 atom stereocenters. The van der Waals surface area contributed by atoms with Crippen LogP contribution in [0.3, 0.4) is 0 Å². The number of hydrogen-bond acceptors (Lipinski definition) is 3. The molecule has 0 aliphatic heterocycles. The Morgan fingerprint density at radius 3 is 2.89 bits per heavy atom. The average molecular weight is 331 g/mol. The first kappa shape index (κ1) is 15.4. The molecule has 1 unspecified atom stereocenters. The number of nitrogens with one attached hydrogen (secondary N) is 1. The van der Waals surface area contributed by atoms with Crippen LogP contribution in [-0.4, -0.2) is 17.7 Å². The van der Waals surface area contributed by atoms with Gasteiger partial charge in [0.15, 0.2) is 0 Å². The smallest absolute Gasteiger partial charge is 0.233 e. The van der Waals surface area contributed by atoms with Gasteiger partial charge >= 0.3 is 0 Å². The van der Waals surface area contributed by atoms with E-state index in [-0.39, 0.29) is 11.2 Å². The van der Waals surface area contributed by atoms with Gasteiger partial charge in [-0.3, -0.25) is 4.79 Å². The van der Waals surface area contributed by atoms with Crippen molar-refractivity contribution in [1.82, 2.24) is 5.32 Å². The van der Waals surface area contributed by atoms with Gasteiger partial charge in [-0.25, -0.2) is 0 Å². The quantitative estimate of drug-likeness (QED) is 0.477. The number of unbranched alkanes of at least 4 members (excludes halogenated alkanes) is 1. The summed E-state index contributed by atoms with van der Waals surface area (Å²) in [5, 5.41) is 2.79. The standard InChI is InChI=1S/C13H19BrN2OS/c1-3-4-7-16-13(17)9(2)18-12-6-5-10(14)8-11(12)15/h5-6,8-9H,3-4,7,15H2,1-2H3,(H,16,17). The van der Waals surface area contributed by atoms with Crippen LogP contribution in [0.25, 0.3) is 0 Å². The molecule has 0 aliphatic carbocycles. The van der Waals surface area contributed by atoms with Crippen LogP contribution in [0.2, 0.25) is 0 Å². The molecule has 3 nitrogen and oxygen atoms in total. The van der Waals surface area contributed by atoms with Crippen LogP contribution in [0.15, 0.2) is 27.6 Å². The van der Waals surface area contributed by atoms with Crippen LogP contribution in [0.4, 0.5) is 5.69 Å². The lowest BCUT2D eigenvalue weighted by Gasteiger charge is -2.13. The zero-order valence-corrected chi connectivity index (χ0v) is 13.1. The summed E-state index contributed by atoms with van der Waals surface area (Å²) in [5.74, 6) is 0.0655. The minimum absolute atomic E-state index is 0.0655. The fraction of sp³-hybridized carbons (Fsp3) is 0.462. The number of hydrogen-bond donors (Lipinski definition) is 2. The van der Waals surface area contributed by atoms with Gasteiger partial charge in [0.25, 0.3) is 0 Å². The van der Waals surface area contributed by atoms with Gasteiger partial charge in [0, 0.05) is 21.6 Å². The summed E-state index contributed by atoms with van der Waals surface area (Å²) >= 11 is 4.85.